The molecule has 3 aromatic rings. The van der Waals surface area contributed by atoms with E-state index in [1.54, 1.807) is 25.3 Å². The number of nitrogens with zero attached hydrogens (tertiary/aromatic N) is 3. The maximum atomic E-state index is 13.2. The molecule has 26 heavy (non-hydrogen) atoms. The third-order valence-electron chi connectivity index (χ3n) is 3.48. The Bertz CT molecular complexity index is 888. The van der Waals surface area contributed by atoms with Gasteiger partial charge < -0.3 is 4.74 Å². The minimum absolute atomic E-state index is 0.00421. The highest BCUT2D eigenvalue weighted by atomic mass is 32.2. The number of para-hydroxylation sites is 1. The molecule has 0 spiro atoms. The second-order valence-corrected chi connectivity index (χ2v) is 6.25. The largest absolute Gasteiger partial charge is 0.496 e. The van der Waals surface area contributed by atoms with E-state index in [1.165, 1.54) is 24.2 Å². The summed E-state index contributed by atoms with van der Waals surface area (Å²) in [4.78, 5) is 11.8. The third kappa shape index (κ3) is 4.32. The molecule has 8 heteroatoms. The number of benzene rings is 1. The molecule has 0 N–H and O–H groups in total. The van der Waals surface area contributed by atoms with Crippen LogP contribution in [0.3, 0.4) is 0 Å². The number of aromatic nitrogens is 3. The van der Waals surface area contributed by atoms with Crippen molar-refractivity contribution in [2.24, 2.45) is 0 Å². The lowest BCUT2D eigenvalue weighted by Crippen LogP contribution is -2.10. The highest BCUT2D eigenvalue weighted by molar-refractivity contribution is 7.98. The van der Waals surface area contributed by atoms with Crippen molar-refractivity contribution in [2.45, 2.75) is 17.0 Å². The number of alkyl halides is 3. The quantitative estimate of drug-likeness (QED) is 0.469. The molecule has 1 aromatic carbocycles. The summed E-state index contributed by atoms with van der Waals surface area (Å²) in [6.07, 6.45) is -1.59. The van der Waals surface area contributed by atoms with Crippen molar-refractivity contribution < 1.29 is 17.9 Å². The Morgan fingerprint density at radius 1 is 1.08 bits per heavy atom. The number of hydrogen-bond acceptors (Lipinski definition) is 5. The molecule has 0 unspecified atom stereocenters. The monoisotopic (exact) mass is 377 g/mol. The Labute approximate surface area is 152 Å². The van der Waals surface area contributed by atoms with Crippen LogP contribution in [-0.2, 0) is 11.9 Å². The zero-order valence-electron chi connectivity index (χ0n) is 13.7. The number of hydrogen-bond donors (Lipinski definition) is 0. The van der Waals surface area contributed by atoms with Crippen molar-refractivity contribution >= 4 is 11.8 Å². The molecule has 134 valence electrons. The maximum absolute atomic E-state index is 13.2. The van der Waals surface area contributed by atoms with Gasteiger partial charge in [-0.2, -0.15) is 13.2 Å². The van der Waals surface area contributed by atoms with Crippen LogP contribution >= 0.6 is 11.8 Å². The average Bonchev–Trinajstić information content (AvgIpc) is 2.66. The molecule has 0 aliphatic carbocycles. The third-order valence-corrected chi connectivity index (χ3v) is 4.44. The van der Waals surface area contributed by atoms with Crippen LogP contribution in [-0.4, -0.2) is 22.1 Å². The van der Waals surface area contributed by atoms with Gasteiger partial charge in [-0.3, -0.25) is 4.98 Å². The molecule has 0 radical (unpaired) electrons. The molecule has 2 heterocycles. The smallest absolute Gasteiger partial charge is 0.433 e. The van der Waals surface area contributed by atoms with Crippen LogP contribution in [0.2, 0.25) is 0 Å². The minimum atomic E-state index is -4.56. The predicted octanol–water partition coefficient (Wildman–Crippen LogP) is 4.86. The van der Waals surface area contributed by atoms with Crippen molar-refractivity contribution in [3.63, 3.8) is 0 Å². The van der Waals surface area contributed by atoms with E-state index in [0.29, 0.717) is 17.1 Å². The SMILES string of the molecule is COc1ccccc1CSc1cc(C(F)(F)F)nc(-c2cccnc2)n1. The Kier molecular flexibility index (Phi) is 5.41. The highest BCUT2D eigenvalue weighted by Gasteiger charge is 2.33. The normalized spacial score (nSPS) is 11.4. The average molecular weight is 377 g/mol. The van der Waals surface area contributed by atoms with Crippen LogP contribution in [0.5, 0.6) is 5.75 Å². The fraction of sp³-hybridized carbons (Fsp3) is 0.167. The van der Waals surface area contributed by atoms with Gasteiger partial charge in [0.2, 0.25) is 0 Å². The van der Waals surface area contributed by atoms with Gasteiger partial charge in [0.15, 0.2) is 5.82 Å². The van der Waals surface area contributed by atoms with Crippen LogP contribution in [0, 0.1) is 0 Å². The topological polar surface area (TPSA) is 47.9 Å². The van der Waals surface area contributed by atoms with Gasteiger partial charge in [0.05, 0.1) is 7.11 Å². The minimum Gasteiger partial charge on any atom is -0.496 e. The van der Waals surface area contributed by atoms with Gasteiger partial charge in [-0.25, -0.2) is 9.97 Å². The van der Waals surface area contributed by atoms with Crippen molar-refractivity contribution in [1.82, 2.24) is 15.0 Å². The van der Waals surface area contributed by atoms with Gasteiger partial charge in [0.25, 0.3) is 0 Å². The van der Waals surface area contributed by atoms with Crippen LogP contribution in [0.15, 0.2) is 59.9 Å². The molecule has 0 aliphatic rings. The van der Waals surface area contributed by atoms with Gasteiger partial charge in [0.1, 0.15) is 16.5 Å². The van der Waals surface area contributed by atoms with E-state index in [1.807, 2.05) is 18.2 Å². The molecule has 4 nitrogen and oxygen atoms in total. The lowest BCUT2D eigenvalue weighted by Gasteiger charge is -2.11. The number of pyridine rings is 1. The second kappa shape index (κ2) is 7.74. The molecule has 0 fully saturated rings. The predicted molar refractivity (Wildman–Crippen MR) is 92.8 cm³/mol. The van der Waals surface area contributed by atoms with Gasteiger partial charge in [-0.05, 0) is 18.2 Å². The summed E-state index contributed by atoms with van der Waals surface area (Å²) in [5.41, 5.74) is 0.321. The first-order valence-electron chi connectivity index (χ1n) is 7.59. The first-order valence-corrected chi connectivity index (χ1v) is 8.57. The maximum Gasteiger partial charge on any atom is 0.433 e. The number of thioether (sulfide) groups is 1. The van der Waals surface area contributed by atoms with E-state index in [9.17, 15) is 13.2 Å². The first-order chi connectivity index (χ1) is 12.5. The summed E-state index contributed by atoms with van der Waals surface area (Å²) in [6, 6.07) is 11.6. The number of halogens is 3. The number of methoxy groups -OCH3 is 1. The lowest BCUT2D eigenvalue weighted by molar-refractivity contribution is -0.141. The summed E-state index contributed by atoms with van der Waals surface area (Å²) in [6.45, 7) is 0. The first kappa shape index (κ1) is 18.2. The molecule has 0 saturated carbocycles. The molecule has 2 aromatic heterocycles. The van der Waals surface area contributed by atoms with Crippen molar-refractivity contribution in [2.75, 3.05) is 7.11 Å². The van der Waals surface area contributed by atoms with Crippen LogP contribution in [0.25, 0.3) is 11.4 Å². The van der Waals surface area contributed by atoms with Gasteiger partial charge in [-0.15, -0.1) is 11.8 Å². The van der Waals surface area contributed by atoms with Crippen molar-refractivity contribution in [1.29, 1.82) is 0 Å². The highest BCUT2D eigenvalue weighted by Crippen LogP contribution is 2.33. The summed E-state index contributed by atoms with van der Waals surface area (Å²) in [5.74, 6) is 1.10. The lowest BCUT2D eigenvalue weighted by atomic mass is 10.2. The molecular formula is C18H14F3N3OS. The van der Waals surface area contributed by atoms with Crippen molar-refractivity contribution in [3.05, 3.63) is 66.1 Å². The Morgan fingerprint density at radius 2 is 1.88 bits per heavy atom. The standard InChI is InChI=1S/C18H14F3N3OS/c1-25-14-7-3-2-5-13(14)11-26-16-9-15(18(19,20)21)23-17(24-16)12-6-4-8-22-10-12/h2-10H,11H2,1H3. The molecular weight excluding hydrogens is 363 g/mol. The number of rotatable bonds is 5. The van der Waals surface area contributed by atoms with E-state index < -0.39 is 11.9 Å². The zero-order chi connectivity index (χ0) is 18.6. The van der Waals surface area contributed by atoms with E-state index >= 15 is 0 Å². The molecule has 0 saturated heterocycles. The fourth-order valence-corrected chi connectivity index (χ4v) is 3.13. The van der Waals surface area contributed by atoms with E-state index in [4.69, 9.17) is 4.74 Å². The molecule has 0 bridgehead atoms. The summed E-state index contributed by atoms with van der Waals surface area (Å²) in [5, 5.41) is 0.233. The van der Waals surface area contributed by atoms with E-state index in [0.717, 1.165) is 11.6 Å². The van der Waals surface area contributed by atoms with Gasteiger partial charge in [-0.1, -0.05) is 18.2 Å². The van der Waals surface area contributed by atoms with E-state index in [2.05, 4.69) is 15.0 Å². The summed E-state index contributed by atoms with van der Waals surface area (Å²) in [7, 11) is 1.55. The van der Waals surface area contributed by atoms with Gasteiger partial charge >= 0.3 is 6.18 Å². The van der Waals surface area contributed by atoms with E-state index in [-0.39, 0.29) is 10.9 Å². The van der Waals surface area contributed by atoms with Crippen LogP contribution in [0.4, 0.5) is 13.2 Å². The zero-order valence-corrected chi connectivity index (χ0v) is 14.5. The van der Waals surface area contributed by atoms with Crippen LogP contribution in [0.1, 0.15) is 11.3 Å². The second-order valence-electron chi connectivity index (χ2n) is 5.26. The van der Waals surface area contributed by atoms with Crippen molar-refractivity contribution in [3.8, 4) is 17.1 Å². The molecule has 3 rings (SSSR count). The summed E-state index contributed by atoms with van der Waals surface area (Å²) < 4.78 is 44.9. The molecule has 0 atom stereocenters. The Morgan fingerprint density at radius 3 is 2.58 bits per heavy atom. The Balaban J connectivity index is 1.93. The molecule has 0 amide bonds. The van der Waals surface area contributed by atoms with Crippen LogP contribution < -0.4 is 4.74 Å². The number of ether oxygens (including phenoxy) is 1. The Hall–Kier alpha value is -2.61. The van der Waals surface area contributed by atoms with Gasteiger partial charge in [0, 0.05) is 35.3 Å². The summed E-state index contributed by atoms with van der Waals surface area (Å²) >= 11 is 1.19. The fourth-order valence-electron chi connectivity index (χ4n) is 2.24. The molecule has 0 aliphatic heterocycles.